The smallest absolute Gasteiger partial charge is 0.249 e. The van der Waals surface area contributed by atoms with Gasteiger partial charge in [-0.15, -0.1) is 48.0 Å². The highest BCUT2D eigenvalue weighted by Crippen LogP contribution is 2.12. The van der Waals surface area contributed by atoms with Crippen LogP contribution in [0.4, 0.5) is 0 Å². The second-order valence-corrected chi connectivity index (χ2v) is 16.5. The molecule has 0 atom stereocenters. The summed E-state index contributed by atoms with van der Waals surface area (Å²) in [5.74, 6) is 0.228. The van der Waals surface area contributed by atoms with Gasteiger partial charge in [-0.05, 0) is 74.8 Å². The van der Waals surface area contributed by atoms with Gasteiger partial charge in [-0.2, -0.15) is 0 Å². The molecule has 4 amide bonds. The minimum absolute atomic E-state index is 0. The molecule has 0 saturated heterocycles. The molecule has 0 bridgehead atoms. The molecule has 4 aliphatic heterocycles. The van der Waals surface area contributed by atoms with Gasteiger partial charge in [0.05, 0.1) is 0 Å². The van der Waals surface area contributed by atoms with Crippen molar-refractivity contribution < 1.29 is 19.2 Å². The van der Waals surface area contributed by atoms with Gasteiger partial charge in [-0.25, -0.2) is 0 Å². The first-order chi connectivity index (χ1) is 29.1. The number of allylic oxidation sites excluding steroid dienone is 8. The van der Waals surface area contributed by atoms with E-state index in [0.29, 0.717) is 26.2 Å². The number of hydrogen-bond acceptors (Lipinski definition) is 8. The van der Waals surface area contributed by atoms with Gasteiger partial charge >= 0.3 is 0 Å². The molecule has 12 nitrogen and oxygen atoms in total. The van der Waals surface area contributed by atoms with Crippen molar-refractivity contribution >= 4 is 71.6 Å². The van der Waals surface area contributed by atoms with E-state index in [1.165, 1.54) is 51.4 Å². The average Bonchev–Trinajstić information content (AvgIpc) is 3.24. The molecule has 0 spiro atoms. The molecule has 4 heterocycles. The van der Waals surface area contributed by atoms with Crippen LogP contribution in [0.5, 0.6) is 0 Å². The number of nitrogens with one attached hydrogen (secondary N) is 4. The first-order valence-corrected chi connectivity index (χ1v) is 22.6. The predicted octanol–water partition coefficient (Wildman–Crippen LogP) is 7.46. The van der Waals surface area contributed by atoms with E-state index in [2.05, 4.69) is 21.3 Å². The number of hydrogen-bond donors (Lipinski definition) is 4. The minimum atomic E-state index is 0. The van der Waals surface area contributed by atoms with Crippen molar-refractivity contribution in [3.63, 3.8) is 0 Å². The van der Waals surface area contributed by atoms with E-state index in [9.17, 15) is 19.2 Å². The zero-order valence-electron chi connectivity index (χ0n) is 38.1. The highest BCUT2D eigenvalue weighted by Gasteiger charge is 2.15. The van der Waals surface area contributed by atoms with Gasteiger partial charge in [0, 0.05) is 103 Å². The van der Waals surface area contributed by atoms with Crippen molar-refractivity contribution in [2.75, 3.05) is 80.5 Å². The molecule has 348 valence electrons. The van der Waals surface area contributed by atoms with Crippen molar-refractivity contribution in [1.29, 1.82) is 0 Å². The van der Waals surface area contributed by atoms with E-state index in [-0.39, 0.29) is 71.6 Å². The molecule has 0 saturated carbocycles. The lowest BCUT2D eigenvalue weighted by Crippen LogP contribution is -2.31. The normalized spacial score (nSPS) is 15.2. The van der Waals surface area contributed by atoms with Crippen LogP contribution in [0.15, 0.2) is 95.7 Å². The summed E-state index contributed by atoms with van der Waals surface area (Å²) in [4.78, 5) is 56.3. The summed E-state index contributed by atoms with van der Waals surface area (Å²) >= 11 is 0. The Morgan fingerprint density at radius 2 is 0.532 bits per heavy atom. The third-order valence-corrected chi connectivity index (χ3v) is 10.7. The molecule has 0 aromatic rings. The molecule has 0 fully saturated rings. The number of carbonyl (C=O) groups is 4. The highest BCUT2D eigenvalue weighted by molar-refractivity contribution is 14.0. The summed E-state index contributed by atoms with van der Waals surface area (Å²) in [7, 11) is 7.88. The summed E-state index contributed by atoms with van der Waals surface area (Å²) < 4.78 is 0. The Balaban J connectivity index is 0.000000601. The second-order valence-electron chi connectivity index (χ2n) is 16.5. The Morgan fingerprint density at radius 1 is 0.355 bits per heavy atom. The standard InChI is InChI=1S/2C24H38N4O2.2HI/c2*1-27-17-11-13-21(19-27)23(29)25-15-9-7-5-3-4-6-8-10-16-26-24(30)22-14-12-18-28(2)20-22;;/h2*11-14,17-18H,3-10,15-16,19-20H2,1-2H3,(H,25,29)(H,26,30);2*1H. The largest absolute Gasteiger partial charge is 0.376 e. The quantitative estimate of drug-likeness (QED) is 0.0520. The molecule has 0 aliphatic carbocycles. The molecular formula is C48H78I2N8O4. The van der Waals surface area contributed by atoms with Crippen molar-refractivity contribution in [2.45, 2.75) is 103 Å². The third-order valence-electron chi connectivity index (χ3n) is 10.7. The van der Waals surface area contributed by atoms with Crippen molar-refractivity contribution in [3.05, 3.63) is 95.7 Å². The number of carbonyl (C=O) groups excluding carboxylic acids is 4. The van der Waals surface area contributed by atoms with Gasteiger partial charge in [0.15, 0.2) is 0 Å². The molecular weight excluding hydrogens is 1010 g/mol. The van der Waals surface area contributed by atoms with Crippen LogP contribution in [0, 0.1) is 0 Å². The van der Waals surface area contributed by atoms with Crippen LogP contribution in [-0.2, 0) is 19.2 Å². The molecule has 4 rings (SSSR count). The Labute approximate surface area is 408 Å². The zero-order valence-corrected chi connectivity index (χ0v) is 42.8. The Bertz CT molecular complexity index is 1370. The topological polar surface area (TPSA) is 129 Å². The van der Waals surface area contributed by atoms with Gasteiger partial charge in [0.25, 0.3) is 0 Å². The summed E-state index contributed by atoms with van der Waals surface area (Å²) in [5, 5.41) is 12.1. The summed E-state index contributed by atoms with van der Waals surface area (Å²) in [6.45, 7) is 5.74. The van der Waals surface area contributed by atoms with E-state index in [4.69, 9.17) is 0 Å². The van der Waals surface area contributed by atoms with Crippen LogP contribution in [0.1, 0.15) is 103 Å². The predicted molar refractivity (Wildman–Crippen MR) is 276 cm³/mol. The lowest BCUT2D eigenvalue weighted by Gasteiger charge is -2.19. The van der Waals surface area contributed by atoms with Crippen molar-refractivity contribution in [1.82, 2.24) is 40.9 Å². The number of likely N-dealkylation sites (N-methyl/N-ethyl adjacent to an activating group) is 4. The summed E-state index contributed by atoms with van der Waals surface area (Å²) in [5.41, 5.74) is 3.32. The molecule has 14 heteroatoms. The van der Waals surface area contributed by atoms with E-state index in [1.54, 1.807) is 0 Å². The maximum atomic E-state index is 12.1. The Morgan fingerprint density at radius 3 is 0.710 bits per heavy atom. The number of amides is 4. The number of unbranched alkanes of at least 4 members (excludes halogenated alkanes) is 14. The molecule has 0 radical (unpaired) electrons. The van der Waals surface area contributed by atoms with Gasteiger partial charge in [-0.3, -0.25) is 19.2 Å². The maximum absolute atomic E-state index is 12.1. The van der Waals surface area contributed by atoms with Gasteiger partial charge < -0.3 is 40.9 Å². The van der Waals surface area contributed by atoms with Crippen LogP contribution in [0.2, 0.25) is 0 Å². The molecule has 62 heavy (non-hydrogen) atoms. The van der Waals surface area contributed by atoms with Crippen LogP contribution in [0.25, 0.3) is 0 Å². The first kappa shape index (κ1) is 56.5. The Kier molecular flexibility index (Phi) is 31.8. The van der Waals surface area contributed by atoms with E-state index in [1.807, 2.05) is 121 Å². The van der Waals surface area contributed by atoms with Crippen LogP contribution in [-0.4, -0.2) is 124 Å². The summed E-state index contributed by atoms with van der Waals surface area (Å²) in [6.07, 6.45) is 41.7. The number of halogens is 2. The maximum Gasteiger partial charge on any atom is 0.249 e. The van der Waals surface area contributed by atoms with Crippen molar-refractivity contribution in [2.24, 2.45) is 0 Å². The fraction of sp³-hybridized carbons (Fsp3) is 0.583. The first-order valence-electron chi connectivity index (χ1n) is 22.6. The molecule has 4 aliphatic rings. The number of rotatable bonds is 26. The van der Waals surface area contributed by atoms with E-state index < -0.39 is 0 Å². The fourth-order valence-electron chi connectivity index (χ4n) is 7.19. The zero-order chi connectivity index (χ0) is 43.2. The lowest BCUT2D eigenvalue weighted by atomic mass is 10.1. The number of nitrogens with zero attached hydrogens (tertiary/aromatic N) is 4. The third kappa shape index (κ3) is 25.5. The van der Waals surface area contributed by atoms with Crippen LogP contribution in [0.3, 0.4) is 0 Å². The molecule has 0 aromatic carbocycles. The average molecular weight is 1090 g/mol. The van der Waals surface area contributed by atoms with Gasteiger partial charge in [-0.1, -0.05) is 101 Å². The highest BCUT2D eigenvalue weighted by atomic mass is 127. The van der Waals surface area contributed by atoms with Gasteiger partial charge in [0.2, 0.25) is 23.6 Å². The van der Waals surface area contributed by atoms with Crippen LogP contribution >= 0.6 is 48.0 Å². The molecule has 4 N–H and O–H groups in total. The Hall–Kier alpha value is -3.54. The van der Waals surface area contributed by atoms with E-state index in [0.717, 1.165) is 99.8 Å². The molecule has 0 aromatic heterocycles. The monoisotopic (exact) mass is 1080 g/mol. The molecule has 0 unspecified atom stereocenters. The lowest BCUT2D eigenvalue weighted by molar-refractivity contribution is -0.118. The van der Waals surface area contributed by atoms with Crippen LogP contribution < -0.4 is 21.3 Å². The van der Waals surface area contributed by atoms with Gasteiger partial charge in [0.1, 0.15) is 0 Å². The van der Waals surface area contributed by atoms with E-state index >= 15 is 0 Å². The fourth-order valence-corrected chi connectivity index (χ4v) is 7.19. The summed E-state index contributed by atoms with van der Waals surface area (Å²) in [6, 6.07) is 0. The minimum Gasteiger partial charge on any atom is -0.376 e. The second kappa shape index (κ2) is 34.9. The van der Waals surface area contributed by atoms with Crippen molar-refractivity contribution in [3.8, 4) is 0 Å². The SMILES string of the molecule is CN1C=CC=C(C(=O)NCCCCCCCCCCNC(=O)C2=CC=CN(C)C2)C1.CN1C=CC=C(C(=O)NCCCCCCCCCCNC(=O)C2=CC=CN(C)C2)C1.I.I.